The molecule has 2 aromatic rings. The van der Waals surface area contributed by atoms with Gasteiger partial charge in [-0.15, -0.1) is 0 Å². The summed E-state index contributed by atoms with van der Waals surface area (Å²) < 4.78 is 1.78. The average molecular weight is 274 g/mol. The number of aromatic nitrogens is 2. The van der Waals surface area contributed by atoms with E-state index in [0.29, 0.717) is 0 Å². The summed E-state index contributed by atoms with van der Waals surface area (Å²) in [4.78, 5) is 10.3. The molecule has 0 radical (unpaired) electrons. The number of rotatable bonds is 4. The largest absolute Gasteiger partial charge is 0.378 e. The first-order valence-electron chi connectivity index (χ1n) is 6.40. The van der Waals surface area contributed by atoms with Crippen LogP contribution in [0.3, 0.4) is 0 Å². The van der Waals surface area contributed by atoms with E-state index in [1.807, 2.05) is 34.0 Å². The summed E-state index contributed by atoms with van der Waals surface area (Å²) in [5.41, 5.74) is 3.95. The van der Waals surface area contributed by atoms with Crippen LogP contribution in [0.25, 0.3) is 0 Å². The van der Waals surface area contributed by atoms with Crippen molar-refractivity contribution in [3.8, 4) is 0 Å². The van der Waals surface area contributed by atoms with Crippen LogP contribution in [0.5, 0.6) is 0 Å². The fourth-order valence-corrected chi connectivity index (χ4v) is 2.28. The Balaban J connectivity index is 2.22. The molecule has 1 N–H and O–H groups in total. The highest BCUT2D eigenvalue weighted by molar-refractivity contribution is 5.56. The van der Waals surface area contributed by atoms with Crippen LogP contribution in [0.15, 0.2) is 24.4 Å². The molecule has 0 spiro atoms. The molecule has 6 heteroatoms. The summed E-state index contributed by atoms with van der Waals surface area (Å²) in [6.07, 6.45) is 1.98. The van der Waals surface area contributed by atoms with E-state index in [0.717, 1.165) is 22.5 Å². The number of nitrogens with zero attached hydrogens (tertiary/aromatic N) is 3. The molecule has 1 aromatic heterocycles. The minimum atomic E-state index is -0.383. The SMILES string of the molecule is Cc1cc([N+](=O)[O-])ccc1NC(C)c1cn(C)nc1C. The fourth-order valence-electron chi connectivity index (χ4n) is 2.28. The second-order valence-corrected chi connectivity index (χ2v) is 4.97. The molecule has 0 bridgehead atoms. The predicted octanol–water partition coefficient (Wildman–Crippen LogP) is 3.12. The van der Waals surface area contributed by atoms with Crippen LogP contribution in [0, 0.1) is 24.0 Å². The maximum absolute atomic E-state index is 10.7. The van der Waals surface area contributed by atoms with Crippen LogP contribution in [0.1, 0.15) is 29.8 Å². The molecule has 0 saturated heterocycles. The van der Waals surface area contributed by atoms with E-state index in [2.05, 4.69) is 10.4 Å². The summed E-state index contributed by atoms with van der Waals surface area (Å²) in [6.45, 7) is 5.87. The summed E-state index contributed by atoms with van der Waals surface area (Å²) in [7, 11) is 1.89. The number of non-ortho nitro benzene ring substituents is 1. The van der Waals surface area contributed by atoms with Gasteiger partial charge in [0.25, 0.3) is 5.69 Å². The van der Waals surface area contributed by atoms with Crippen molar-refractivity contribution < 1.29 is 4.92 Å². The molecule has 0 fully saturated rings. The molecule has 0 aliphatic rings. The van der Waals surface area contributed by atoms with Crippen molar-refractivity contribution in [3.63, 3.8) is 0 Å². The topological polar surface area (TPSA) is 73.0 Å². The van der Waals surface area contributed by atoms with Gasteiger partial charge < -0.3 is 5.32 Å². The van der Waals surface area contributed by atoms with Crippen molar-refractivity contribution in [2.24, 2.45) is 7.05 Å². The Morgan fingerprint density at radius 1 is 1.40 bits per heavy atom. The number of hydrogen-bond acceptors (Lipinski definition) is 4. The number of anilines is 1. The molecule has 106 valence electrons. The van der Waals surface area contributed by atoms with Crippen molar-refractivity contribution in [2.75, 3.05) is 5.32 Å². The highest BCUT2D eigenvalue weighted by Gasteiger charge is 2.14. The Kier molecular flexibility index (Phi) is 3.74. The summed E-state index contributed by atoms with van der Waals surface area (Å²) >= 11 is 0. The molecule has 2 rings (SSSR count). The van der Waals surface area contributed by atoms with E-state index in [1.54, 1.807) is 16.8 Å². The van der Waals surface area contributed by atoms with Crippen LogP contribution in [0.2, 0.25) is 0 Å². The molecule has 1 unspecified atom stereocenters. The fraction of sp³-hybridized carbons (Fsp3) is 0.357. The second kappa shape index (κ2) is 5.32. The van der Waals surface area contributed by atoms with Crippen LogP contribution in [-0.2, 0) is 7.05 Å². The molecule has 0 amide bonds. The third kappa shape index (κ3) is 2.79. The van der Waals surface area contributed by atoms with E-state index in [1.165, 1.54) is 6.07 Å². The van der Waals surface area contributed by atoms with Crippen LogP contribution in [0.4, 0.5) is 11.4 Å². The van der Waals surface area contributed by atoms with E-state index < -0.39 is 0 Å². The predicted molar refractivity (Wildman–Crippen MR) is 77.8 cm³/mol. The Hall–Kier alpha value is -2.37. The second-order valence-electron chi connectivity index (χ2n) is 4.97. The Morgan fingerprint density at radius 3 is 2.60 bits per heavy atom. The lowest BCUT2D eigenvalue weighted by atomic mass is 10.1. The maximum atomic E-state index is 10.7. The van der Waals surface area contributed by atoms with Gasteiger partial charge >= 0.3 is 0 Å². The molecule has 0 aliphatic carbocycles. The zero-order valence-electron chi connectivity index (χ0n) is 12.0. The first-order valence-corrected chi connectivity index (χ1v) is 6.40. The molecule has 6 nitrogen and oxygen atoms in total. The van der Waals surface area contributed by atoms with Gasteiger partial charge in [-0.05, 0) is 32.4 Å². The lowest BCUT2D eigenvalue weighted by Gasteiger charge is -2.16. The Labute approximate surface area is 117 Å². The first kappa shape index (κ1) is 14.0. The lowest BCUT2D eigenvalue weighted by Crippen LogP contribution is -2.08. The molecule has 0 aliphatic heterocycles. The van der Waals surface area contributed by atoms with Crippen molar-refractivity contribution in [2.45, 2.75) is 26.8 Å². The van der Waals surface area contributed by atoms with Crippen LogP contribution in [-0.4, -0.2) is 14.7 Å². The first-order chi connectivity index (χ1) is 9.38. The van der Waals surface area contributed by atoms with Crippen molar-refractivity contribution in [3.05, 3.63) is 51.3 Å². The number of nitro benzene ring substituents is 1. The minimum absolute atomic E-state index is 0.0869. The number of hydrogen-bond donors (Lipinski definition) is 1. The molecule has 20 heavy (non-hydrogen) atoms. The Morgan fingerprint density at radius 2 is 2.10 bits per heavy atom. The molecular formula is C14H18N4O2. The Bertz CT molecular complexity index is 649. The van der Waals surface area contributed by atoms with Gasteiger partial charge in [-0.1, -0.05) is 0 Å². The molecule has 1 aromatic carbocycles. The third-order valence-corrected chi connectivity index (χ3v) is 3.31. The molecular weight excluding hydrogens is 256 g/mol. The molecule has 0 saturated carbocycles. The van der Waals surface area contributed by atoms with E-state index >= 15 is 0 Å². The standard InChI is InChI=1S/C14H18N4O2/c1-9-7-12(18(19)20)5-6-14(9)15-10(2)13-8-17(4)16-11(13)3/h5-8,10,15H,1-4H3. The molecule has 1 atom stereocenters. The average Bonchev–Trinajstić information content (AvgIpc) is 2.70. The number of aryl methyl sites for hydroxylation is 3. The van der Waals surface area contributed by atoms with Crippen LogP contribution < -0.4 is 5.32 Å². The van der Waals surface area contributed by atoms with Gasteiger partial charge in [0.1, 0.15) is 0 Å². The third-order valence-electron chi connectivity index (χ3n) is 3.31. The monoisotopic (exact) mass is 274 g/mol. The lowest BCUT2D eigenvalue weighted by molar-refractivity contribution is -0.384. The van der Waals surface area contributed by atoms with Gasteiger partial charge in [0.15, 0.2) is 0 Å². The smallest absolute Gasteiger partial charge is 0.269 e. The number of nitro groups is 1. The normalized spacial score (nSPS) is 12.2. The summed E-state index contributed by atoms with van der Waals surface area (Å²) in [5.74, 6) is 0. The maximum Gasteiger partial charge on any atom is 0.269 e. The quantitative estimate of drug-likeness (QED) is 0.686. The van der Waals surface area contributed by atoms with Gasteiger partial charge in [0.05, 0.1) is 16.7 Å². The zero-order valence-corrected chi connectivity index (χ0v) is 12.0. The highest BCUT2D eigenvalue weighted by atomic mass is 16.6. The summed E-state index contributed by atoms with van der Waals surface area (Å²) in [5, 5.41) is 18.4. The number of benzene rings is 1. The molecule has 1 heterocycles. The van der Waals surface area contributed by atoms with Crippen molar-refractivity contribution in [1.82, 2.24) is 9.78 Å². The van der Waals surface area contributed by atoms with E-state index in [-0.39, 0.29) is 16.7 Å². The van der Waals surface area contributed by atoms with E-state index in [4.69, 9.17) is 0 Å². The van der Waals surface area contributed by atoms with Crippen LogP contribution >= 0.6 is 0 Å². The van der Waals surface area contributed by atoms with Gasteiger partial charge in [0.2, 0.25) is 0 Å². The van der Waals surface area contributed by atoms with Crippen molar-refractivity contribution >= 4 is 11.4 Å². The van der Waals surface area contributed by atoms with E-state index in [9.17, 15) is 10.1 Å². The van der Waals surface area contributed by atoms with Crippen molar-refractivity contribution in [1.29, 1.82) is 0 Å². The van der Waals surface area contributed by atoms with Gasteiger partial charge in [-0.25, -0.2) is 0 Å². The van der Waals surface area contributed by atoms with Gasteiger partial charge in [-0.3, -0.25) is 14.8 Å². The zero-order chi connectivity index (χ0) is 14.9. The summed E-state index contributed by atoms with van der Waals surface area (Å²) in [6, 6.07) is 4.92. The van der Waals surface area contributed by atoms with Gasteiger partial charge in [0, 0.05) is 36.6 Å². The van der Waals surface area contributed by atoms with Gasteiger partial charge in [-0.2, -0.15) is 5.10 Å². The highest BCUT2D eigenvalue weighted by Crippen LogP contribution is 2.26. The minimum Gasteiger partial charge on any atom is -0.378 e. The number of nitrogens with one attached hydrogen (secondary N) is 1.